The summed E-state index contributed by atoms with van der Waals surface area (Å²) >= 11 is 1.18. The first-order valence-electron chi connectivity index (χ1n) is 9.91. The van der Waals surface area contributed by atoms with Crippen LogP contribution in [0.4, 0.5) is 11.5 Å². The van der Waals surface area contributed by atoms with Crippen LogP contribution < -0.4 is 14.8 Å². The fourth-order valence-electron chi connectivity index (χ4n) is 3.14. The van der Waals surface area contributed by atoms with Gasteiger partial charge in [-0.25, -0.2) is 9.97 Å². The maximum Gasteiger partial charge on any atom is 0.190 e. The van der Waals surface area contributed by atoms with E-state index in [2.05, 4.69) is 15.3 Å². The molecule has 3 N–H and O–H groups in total. The maximum atomic E-state index is 12.5. The van der Waals surface area contributed by atoms with Crippen molar-refractivity contribution in [1.29, 1.82) is 0 Å². The summed E-state index contributed by atoms with van der Waals surface area (Å²) in [6.07, 6.45) is 0. The quantitative estimate of drug-likeness (QED) is 0.147. The molecule has 3 aromatic carbocycles. The highest BCUT2D eigenvalue weighted by Gasteiger charge is 2.14. The van der Waals surface area contributed by atoms with Crippen molar-refractivity contribution in [2.75, 3.05) is 25.3 Å². The standard InChI is InChI=1S/C24H21N3O5S/c1-31-16-10-15(11-17(12-16)32-2)25-23-18-5-3-4-6-19(18)26-24(27-23)33-13-22(30)14-7-8-20(28)21(29)9-14/h3-12,28-29H,13H2,1-2H3,(H,25,26,27). The second kappa shape index (κ2) is 9.66. The van der Waals surface area contributed by atoms with Crippen LogP contribution in [-0.4, -0.2) is 45.9 Å². The number of ether oxygens (including phenoxy) is 2. The van der Waals surface area contributed by atoms with Crippen molar-refractivity contribution < 1.29 is 24.5 Å². The molecule has 0 bridgehead atoms. The van der Waals surface area contributed by atoms with Gasteiger partial charge in [0.1, 0.15) is 17.3 Å². The van der Waals surface area contributed by atoms with E-state index in [1.807, 2.05) is 36.4 Å². The average molecular weight is 464 g/mol. The molecule has 0 amide bonds. The fourth-order valence-corrected chi connectivity index (χ4v) is 3.89. The van der Waals surface area contributed by atoms with E-state index in [0.717, 1.165) is 16.6 Å². The molecule has 0 unspecified atom stereocenters. The molecule has 0 fully saturated rings. The highest BCUT2D eigenvalue weighted by molar-refractivity contribution is 7.99. The number of methoxy groups -OCH3 is 2. The number of carbonyl (C=O) groups is 1. The van der Waals surface area contributed by atoms with Gasteiger partial charge in [-0.3, -0.25) is 4.79 Å². The van der Waals surface area contributed by atoms with Crippen LogP contribution in [0.3, 0.4) is 0 Å². The minimum absolute atomic E-state index is 0.0645. The molecule has 0 radical (unpaired) electrons. The Hall–Kier alpha value is -3.98. The molecule has 9 heteroatoms. The SMILES string of the molecule is COc1cc(Nc2nc(SCC(=O)c3ccc(O)c(O)c3)nc3ccccc23)cc(OC)c1. The molecule has 4 aromatic rings. The van der Waals surface area contributed by atoms with Gasteiger partial charge in [0, 0.05) is 34.8 Å². The Bertz CT molecular complexity index is 1310. The van der Waals surface area contributed by atoms with E-state index in [1.54, 1.807) is 20.3 Å². The third-order valence-electron chi connectivity index (χ3n) is 4.83. The number of fused-ring (bicyclic) bond motifs is 1. The van der Waals surface area contributed by atoms with Gasteiger partial charge in [-0.2, -0.15) is 0 Å². The van der Waals surface area contributed by atoms with Gasteiger partial charge < -0.3 is 25.0 Å². The van der Waals surface area contributed by atoms with E-state index in [9.17, 15) is 15.0 Å². The third kappa shape index (κ3) is 5.09. The Morgan fingerprint density at radius 1 is 0.939 bits per heavy atom. The number of anilines is 2. The van der Waals surface area contributed by atoms with Crippen molar-refractivity contribution in [2.45, 2.75) is 5.16 Å². The summed E-state index contributed by atoms with van der Waals surface area (Å²) in [7, 11) is 3.16. The van der Waals surface area contributed by atoms with Crippen LogP contribution >= 0.6 is 11.8 Å². The number of thioether (sulfide) groups is 1. The van der Waals surface area contributed by atoms with Gasteiger partial charge >= 0.3 is 0 Å². The molecule has 8 nitrogen and oxygen atoms in total. The number of hydrogen-bond acceptors (Lipinski definition) is 9. The topological polar surface area (TPSA) is 114 Å². The highest BCUT2D eigenvalue weighted by Crippen LogP contribution is 2.31. The molecule has 0 aliphatic heterocycles. The summed E-state index contributed by atoms with van der Waals surface area (Å²) in [5.74, 6) is 1.07. The first kappa shape index (κ1) is 22.2. The number of nitrogens with one attached hydrogen (secondary N) is 1. The predicted octanol–water partition coefficient (Wildman–Crippen LogP) is 4.78. The third-order valence-corrected chi connectivity index (χ3v) is 5.67. The number of benzene rings is 3. The van der Waals surface area contributed by atoms with Crippen molar-refractivity contribution in [1.82, 2.24) is 9.97 Å². The lowest BCUT2D eigenvalue weighted by atomic mass is 10.1. The maximum absolute atomic E-state index is 12.5. The largest absolute Gasteiger partial charge is 0.504 e. The van der Waals surface area contributed by atoms with Gasteiger partial charge in [-0.15, -0.1) is 0 Å². The van der Waals surface area contributed by atoms with Crippen LogP contribution in [0.25, 0.3) is 10.9 Å². The van der Waals surface area contributed by atoms with E-state index in [4.69, 9.17) is 9.47 Å². The van der Waals surface area contributed by atoms with E-state index in [-0.39, 0.29) is 23.0 Å². The van der Waals surface area contributed by atoms with Crippen molar-refractivity contribution in [3.05, 3.63) is 66.2 Å². The minimum Gasteiger partial charge on any atom is -0.504 e. The summed E-state index contributed by atoms with van der Waals surface area (Å²) in [4.78, 5) is 21.7. The number of ketones is 1. The molecular formula is C24H21N3O5S. The van der Waals surface area contributed by atoms with E-state index >= 15 is 0 Å². The lowest BCUT2D eigenvalue weighted by Crippen LogP contribution is -2.04. The number of phenols is 2. The van der Waals surface area contributed by atoms with E-state index in [0.29, 0.717) is 28.0 Å². The van der Waals surface area contributed by atoms with Crippen molar-refractivity contribution in [3.63, 3.8) is 0 Å². The normalized spacial score (nSPS) is 10.7. The smallest absolute Gasteiger partial charge is 0.190 e. The number of aromatic hydroxyl groups is 2. The Balaban J connectivity index is 1.61. The van der Waals surface area contributed by atoms with E-state index < -0.39 is 0 Å². The fraction of sp³-hybridized carbons (Fsp3) is 0.125. The van der Waals surface area contributed by atoms with Crippen LogP contribution in [0.5, 0.6) is 23.0 Å². The average Bonchev–Trinajstić information content (AvgIpc) is 2.84. The molecule has 0 saturated carbocycles. The number of hydrogen-bond donors (Lipinski definition) is 3. The van der Waals surface area contributed by atoms with Gasteiger partial charge in [-0.1, -0.05) is 23.9 Å². The summed E-state index contributed by atoms with van der Waals surface area (Å²) in [6, 6.07) is 17.0. The zero-order chi connectivity index (χ0) is 23.4. The second-order valence-electron chi connectivity index (χ2n) is 7.01. The van der Waals surface area contributed by atoms with Gasteiger partial charge in [0.25, 0.3) is 0 Å². The first-order valence-corrected chi connectivity index (χ1v) is 10.9. The Kier molecular flexibility index (Phi) is 6.50. The van der Waals surface area contributed by atoms with Gasteiger partial charge in [0.15, 0.2) is 22.4 Å². The minimum atomic E-state index is -0.340. The summed E-state index contributed by atoms with van der Waals surface area (Å²) in [5, 5.41) is 23.6. The molecular weight excluding hydrogens is 442 g/mol. The zero-order valence-electron chi connectivity index (χ0n) is 17.9. The predicted molar refractivity (Wildman–Crippen MR) is 127 cm³/mol. The lowest BCUT2D eigenvalue weighted by Gasteiger charge is -2.13. The molecule has 4 rings (SSSR count). The molecule has 0 aliphatic carbocycles. The molecule has 0 atom stereocenters. The van der Waals surface area contributed by atoms with Crippen LogP contribution in [0.1, 0.15) is 10.4 Å². The molecule has 1 aromatic heterocycles. The number of rotatable bonds is 8. The second-order valence-corrected chi connectivity index (χ2v) is 7.96. The van der Waals surface area contributed by atoms with Crippen LogP contribution in [0.15, 0.2) is 65.8 Å². The molecule has 1 heterocycles. The molecule has 33 heavy (non-hydrogen) atoms. The van der Waals surface area contributed by atoms with Crippen molar-refractivity contribution >= 4 is 40.0 Å². The zero-order valence-corrected chi connectivity index (χ0v) is 18.7. The van der Waals surface area contributed by atoms with Gasteiger partial charge in [0.2, 0.25) is 0 Å². The Labute approximate surface area is 194 Å². The Morgan fingerprint density at radius 3 is 2.36 bits per heavy atom. The molecule has 168 valence electrons. The van der Waals surface area contributed by atoms with Crippen LogP contribution in [-0.2, 0) is 0 Å². The lowest BCUT2D eigenvalue weighted by molar-refractivity contribution is 0.102. The highest BCUT2D eigenvalue weighted by atomic mass is 32.2. The number of aromatic nitrogens is 2. The van der Waals surface area contributed by atoms with Gasteiger partial charge in [-0.05, 0) is 30.3 Å². The molecule has 0 spiro atoms. The Morgan fingerprint density at radius 2 is 1.67 bits per heavy atom. The van der Waals surface area contributed by atoms with Crippen molar-refractivity contribution in [3.8, 4) is 23.0 Å². The van der Waals surface area contributed by atoms with E-state index in [1.165, 1.54) is 30.0 Å². The van der Waals surface area contributed by atoms with Crippen LogP contribution in [0.2, 0.25) is 0 Å². The number of Topliss-reactive ketones (excluding diaryl/α,β-unsaturated/α-hetero) is 1. The monoisotopic (exact) mass is 463 g/mol. The molecule has 0 saturated heterocycles. The first-order chi connectivity index (χ1) is 16.0. The summed E-state index contributed by atoms with van der Waals surface area (Å²) in [5.41, 5.74) is 1.74. The number of para-hydroxylation sites is 1. The summed E-state index contributed by atoms with van der Waals surface area (Å²) in [6.45, 7) is 0. The number of nitrogens with zero attached hydrogens (tertiary/aromatic N) is 2. The van der Waals surface area contributed by atoms with Crippen LogP contribution in [0, 0.1) is 0 Å². The number of carbonyl (C=O) groups excluding carboxylic acids is 1. The summed E-state index contributed by atoms with van der Waals surface area (Å²) < 4.78 is 10.7. The van der Waals surface area contributed by atoms with Crippen molar-refractivity contribution in [2.24, 2.45) is 0 Å². The number of phenolic OH excluding ortho intramolecular Hbond substituents is 2. The van der Waals surface area contributed by atoms with Gasteiger partial charge in [0.05, 0.1) is 25.5 Å². The molecule has 0 aliphatic rings.